The second kappa shape index (κ2) is 6.41. The summed E-state index contributed by atoms with van der Waals surface area (Å²) in [6.45, 7) is 1.80. The quantitative estimate of drug-likeness (QED) is 0.830. The summed E-state index contributed by atoms with van der Waals surface area (Å²) in [5.41, 5.74) is 7.19. The van der Waals surface area contributed by atoms with Crippen LogP contribution in [-0.2, 0) is 16.0 Å². The highest BCUT2D eigenvalue weighted by Gasteiger charge is 2.21. The van der Waals surface area contributed by atoms with Crippen LogP contribution in [0.2, 0.25) is 0 Å². The number of nitrogen functional groups attached to an aromatic ring is 1. The first-order valence-electron chi connectivity index (χ1n) is 6.92. The van der Waals surface area contributed by atoms with Gasteiger partial charge in [-0.2, -0.15) is 0 Å². The maximum absolute atomic E-state index is 12.1. The molecule has 0 saturated carbocycles. The summed E-state index contributed by atoms with van der Waals surface area (Å²) < 4.78 is 0. The summed E-state index contributed by atoms with van der Waals surface area (Å²) in [6, 6.07) is 7.22. The maximum atomic E-state index is 12.1. The highest BCUT2D eigenvalue weighted by Crippen LogP contribution is 2.09. The van der Waals surface area contributed by atoms with Gasteiger partial charge < -0.3 is 15.5 Å². The maximum Gasteiger partial charge on any atom is 0.242 e. The zero-order chi connectivity index (χ0) is 14.5. The van der Waals surface area contributed by atoms with Crippen molar-refractivity contribution in [2.45, 2.75) is 19.3 Å². The molecule has 1 fully saturated rings. The van der Waals surface area contributed by atoms with Crippen LogP contribution in [-0.4, -0.2) is 48.3 Å². The number of likely N-dealkylation sites (N-methyl/N-ethyl adjacent to an activating group) is 1. The SMILES string of the molecule is CN(CC(=O)N1CCCC1)C(=O)Cc1ccc(N)cc1. The summed E-state index contributed by atoms with van der Waals surface area (Å²) in [5, 5.41) is 0. The number of carbonyl (C=O) groups excluding carboxylic acids is 2. The molecule has 20 heavy (non-hydrogen) atoms. The summed E-state index contributed by atoms with van der Waals surface area (Å²) in [6.07, 6.45) is 2.42. The highest BCUT2D eigenvalue weighted by atomic mass is 16.2. The number of likely N-dealkylation sites (tertiary alicyclic amines) is 1. The molecule has 5 heteroatoms. The van der Waals surface area contributed by atoms with Gasteiger partial charge in [0.2, 0.25) is 11.8 Å². The Morgan fingerprint density at radius 1 is 1.20 bits per heavy atom. The molecule has 1 heterocycles. The minimum Gasteiger partial charge on any atom is -0.399 e. The molecule has 2 rings (SSSR count). The lowest BCUT2D eigenvalue weighted by molar-refractivity contribution is -0.138. The van der Waals surface area contributed by atoms with Gasteiger partial charge in [0.25, 0.3) is 0 Å². The molecule has 0 aromatic heterocycles. The molecule has 1 aromatic carbocycles. The minimum atomic E-state index is -0.0534. The lowest BCUT2D eigenvalue weighted by atomic mass is 10.1. The average molecular weight is 275 g/mol. The molecule has 1 aliphatic heterocycles. The van der Waals surface area contributed by atoms with Crippen LogP contribution in [0.25, 0.3) is 0 Å². The van der Waals surface area contributed by atoms with Crippen LogP contribution in [0, 0.1) is 0 Å². The van der Waals surface area contributed by atoms with Crippen molar-refractivity contribution in [3.05, 3.63) is 29.8 Å². The van der Waals surface area contributed by atoms with Crippen molar-refractivity contribution in [1.82, 2.24) is 9.80 Å². The van der Waals surface area contributed by atoms with Gasteiger partial charge in [0.15, 0.2) is 0 Å². The first kappa shape index (κ1) is 14.4. The van der Waals surface area contributed by atoms with Gasteiger partial charge in [-0.3, -0.25) is 9.59 Å². The van der Waals surface area contributed by atoms with E-state index in [1.807, 2.05) is 17.0 Å². The third-order valence-corrected chi connectivity index (χ3v) is 3.59. The van der Waals surface area contributed by atoms with Crippen molar-refractivity contribution in [3.8, 4) is 0 Å². The predicted molar refractivity (Wildman–Crippen MR) is 78.0 cm³/mol. The van der Waals surface area contributed by atoms with Crippen molar-refractivity contribution in [3.63, 3.8) is 0 Å². The van der Waals surface area contributed by atoms with Crippen LogP contribution >= 0.6 is 0 Å². The number of hydrogen-bond donors (Lipinski definition) is 1. The zero-order valence-corrected chi connectivity index (χ0v) is 11.8. The molecule has 1 aliphatic rings. The molecule has 1 aromatic rings. The summed E-state index contributed by atoms with van der Waals surface area (Å²) in [5.74, 6) is -0.0158. The Morgan fingerprint density at radius 3 is 2.40 bits per heavy atom. The standard InChI is InChI=1S/C15H21N3O2/c1-17(11-15(20)18-8-2-3-9-18)14(19)10-12-4-6-13(16)7-5-12/h4-7H,2-3,8-11,16H2,1H3. The van der Waals surface area contributed by atoms with E-state index in [9.17, 15) is 9.59 Å². The molecule has 0 atom stereocenters. The molecular weight excluding hydrogens is 254 g/mol. The number of nitrogens with zero attached hydrogens (tertiary/aromatic N) is 2. The Labute approximate surface area is 119 Å². The lowest BCUT2D eigenvalue weighted by Gasteiger charge is -2.21. The second-order valence-electron chi connectivity index (χ2n) is 5.26. The molecule has 2 N–H and O–H groups in total. The van der Waals surface area contributed by atoms with Gasteiger partial charge in [-0.1, -0.05) is 12.1 Å². The van der Waals surface area contributed by atoms with Crippen LogP contribution in [0.5, 0.6) is 0 Å². The largest absolute Gasteiger partial charge is 0.399 e. The number of hydrogen-bond acceptors (Lipinski definition) is 3. The molecule has 1 saturated heterocycles. The molecule has 2 amide bonds. The fraction of sp³-hybridized carbons (Fsp3) is 0.467. The number of benzene rings is 1. The Kier molecular flexibility index (Phi) is 4.61. The van der Waals surface area contributed by atoms with Crippen molar-refractivity contribution in [1.29, 1.82) is 0 Å². The van der Waals surface area contributed by atoms with E-state index in [0.717, 1.165) is 31.5 Å². The summed E-state index contributed by atoms with van der Waals surface area (Å²) in [7, 11) is 1.67. The van der Waals surface area contributed by atoms with Crippen LogP contribution in [0.1, 0.15) is 18.4 Å². The van der Waals surface area contributed by atoms with Gasteiger partial charge in [0.1, 0.15) is 0 Å². The molecule has 108 valence electrons. The van der Waals surface area contributed by atoms with Crippen LogP contribution < -0.4 is 5.73 Å². The average Bonchev–Trinajstić information content (AvgIpc) is 2.95. The number of nitrogens with two attached hydrogens (primary N) is 1. The third-order valence-electron chi connectivity index (χ3n) is 3.59. The number of anilines is 1. The number of carbonyl (C=O) groups is 2. The predicted octanol–water partition coefficient (Wildman–Crippen LogP) is 0.892. The van der Waals surface area contributed by atoms with Crippen LogP contribution in [0.3, 0.4) is 0 Å². The van der Waals surface area contributed by atoms with E-state index >= 15 is 0 Å². The number of amides is 2. The van der Waals surface area contributed by atoms with E-state index < -0.39 is 0 Å². The molecule has 5 nitrogen and oxygen atoms in total. The fourth-order valence-corrected chi connectivity index (χ4v) is 2.30. The van der Waals surface area contributed by atoms with Gasteiger partial charge in [0.05, 0.1) is 13.0 Å². The van der Waals surface area contributed by atoms with Gasteiger partial charge in [0, 0.05) is 25.8 Å². The lowest BCUT2D eigenvalue weighted by Crippen LogP contribution is -2.40. The van der Waals surface area contributed by atoms with Crippen molar-refractivity contribution in [2.75, 3.05) is 32.4 Å². The van der Waals surface area contributed by atoms with E-state index in [0.29, 0.717) is 12.1 Å². The topological polar surface area (TPSA) is 66.6 Å². The Morgan fingerprint density at radius 2 is 1.80 bits per heavy atom. The molecule has 0 aliphatic carbocycles. The van der Waals surface area contributed by atoms with E-state index in [1.54, 1.807) is 19.2 Å². The summed E-state index contributed by atoms with van der Waals surface area (Å²) in [4.78, 5) is 27.4. The van der Waals surface area contributed by atoms with Gasteiger partial charge in [-0.25, -0.2) is 0 Å². The van der Waals surface area contributed by atoms with E-state index in [-0.39, 0.29) is 18.4 Å². The minimum absolute atomic E-state index is 0.0376. The first-order valence-corrected chi connectivity index (χ1v) is 6.92. The van der Waals surface area contributed by atoms with E-state index in [1.165, 1.54) is 4.90 Å². The Bertz CT molecular complexity index is 478. The third kappa shape index (κ3) is 3.73. The fourth-order valence-electron chi connectivity index (χ4n) is 2.30. The van der Waals surface area contributed by atoms with E-state index in [4.69, 9.17) is 5.73 Å². The van der Waals surface area contributed by atoms with E-state index in [2.05, 4.69) is 0 Å². The second-order valence-corrected chi connectivity index (χ2v) is 5.26. The summed E-state index contributed by atoms with van der Waals surface area (Å²) >= 11 is 0. The van der Waals surface area contributed by atoms with Gasteiger partial charge >= 0.3 is 0 Å². The number of rotatable bonds is 4. The molecule has 0 radical (unpaired) electrons. The van der Waals surface area contributed by atoms with Gasteiger partial charge in [-0.15, -0.1) is 0 Å². The van der Waals surface area contributed by atoms with Gasteiger partial charge in [-0.05, 0) is 30.5 Å². The first-order chi connectivity index (χ1) is 9.56. The molecule has 0 spiro atoms. The Hall–Kier alpha value is -2.04. The normalized spacial score (nSPS) is 14.3. The monoisotopic (exact) mass is 275 g/mol. The van der Waals surface area contributed by atoms with Crippen molar-refractivity contribution < 1.29 is 9.59 Å². The highest BCUT2D eigenvalue weighted by molar-refractivity contribution is 5.85. The molecular formula is C15H21N3O2. The van der Waals surface area contributed by atoms with Crippen molar-refractivity contribution >= 4 is 17.5 Å². The zero-order valence-electron chi connectivity index (χ0n) is 11.8. The Balaban J connectivity index is 1.85. The van der Waals surface area contributed by atoms with Crippen LogP contribution in [0.4, 0.5) is 5.69 Å². The molecule has 0 unspecified atom stereocenters. The molecule has 0 bridgehead atoms. The van der Waals surface area contributed by atoms with Crippen LogP contribution in [0.15, 0.2) is 24.3 Å². The van der Waals surface area contributed by atoms with Crippen molar-refractivity contribution in [2.24, 2.45) is 0 Å². The smallest absolute Gasteiger partial charge is 0.242 e.